The van der Waals surface area contributed by atoms with Crippen LogP contribution in [0, 0.1) is 5.92 Å². The van der Waals surface area contributed by atoms with Gasteiger partial charge in [-0.2, -0.15) is 0 Å². The lowest BCUT2D eigenvalue weighted by molar-refractivity contribution is -0.123. The average molecular weight is 409 g/mol. The molecule has 0 unspecified atom stereocenters. The van der Waals surface area contributed by atoms with Crippen molar-refractivity contribution in [2.75, 3.05) is 4.90 Å². The Bertz CT molecular complexity index is 1110. The van der Waals surface area contributed by atoms with Crippen molar-refractivity contribution >= 4 is 39.5 Å². The molecule has 1 aliphatic carbocycles. The maximum atomic E-state index is 13.4. The van der Waals surface area contributed by atoms with E-state index in [0.29, 0.717) is 16.9 Å². The second-order valence-corrected chi connectivity index (χ2v) is 8.40. The van der Waals surface area contributed by atoms with Crippen molar-refractivity contribution in [1.82, 2.24) is 0 Å². The Morgan fingerprint density at radius 2 is 1.77 bits per heavy atom. The van der Waals surface area contributed by atoms with E-state index in [1.165, 1.54) is 6.07 Å². The van der Waals surface area contributed by atoms with E-state index in [1.807, 2.05) is 19.9 Å². The van der Waals surface area contributed by atoms with Gasteiger partial charge in [-0.15, -0.1) is 0 Å². The lowest BCUT2D eigenvalue weighted by Gasteiger charge is -2.33. The fraction of sp³-hybridized carbons (Fsp3) is 0.417. The Labute approximate surface area is 175 Å². The zero-order valence-electron chi connectivity index (χ0n) is 17.4. The first-order valence-corrected chi connectivity index (χ1v) is 10.6. The molecule has 1 amide bonds. The van der Waals surface area contributed by atoms with Crippen molar-refractivity contribution < 1.29 is 24.2 Å². The van der Waals surface area contributed by atoms with E-state index in [4.69, 9.17) is 4.42 Å². The molecule has 0 aliphatic heterocycles. The minimum Gasteiger partial charge on any atom is -0.478 e. The summed E-state index contributed by atoms with van der Waals surface area (Å²) in [5, 5.41) is 20.9. The van der Waals surface area contributed by atoms with Gasteiger partial charge in [0, 0.05) is 22.7 Å². The molecule has 2 aromatic carbocycles. The number of hydrogen-bond donors (Lipinski definition) is 2. The number of aliphatic hydroxyl groups excluding tert-OH is 1. The Morgan fingerprint density at radius 1 is 1.07 bits per heavy atom. The number of rotatable bonds is 5. The number of hydrogen-bond acceptors (Lipinski definition) is 4. The summed E-state index contributed by atoms with van der Waals surface area (Å²) in [7, 11) is 0. The van der Waals surface area contributed by atoms with Crippen molar-refractivity contribution in [2.45, 2.75) is 58.6 Å². The van der Waals surface area contributed by atoms with Crippen LogP contribution in [0.3, 0.4) is 0 Å². The third-order valence-electron chi connectivity index (χ3n) is 6.03. The standard InChI is InChI=1S/C24H27NO5/c1-14(2)25(23(27)16-6-4-3-5-7-16)20-11-18-17-10-15(13-26)8-9-21(17)30-22(18)12-19(20)24(28)29/h8-12,14,16,26H,3-7,13H2,1-2H3,(H,28,29). The summed E-state index contributed by atoms with van der Waals surface area (Å²) < 4.78 is 5.87. The van der Waals surface area contributed by atoms with E-state index < -0.39 is 5.97 Å². The number of carbonyl (C=O) groups is 2. The van der Waals surface area contributed by atoms with Crippen LogP contribution < -0.4 is 4.90 Å². The quantitative estimate of drug-likeness (QED) is 0.612. The molecule has 0 radical (unpaired) electrons. The molecule has 0 bridgehead atoms. The first-order valence-electron chi connectivity index (χ1n) is 10.6. The number of nitrogens with zero attached hydrogens (tertiary/aromatic N) is 1. The van der Waals surface area contributed by atoms with Gasteiger partial charge in [0.1, 0.15) is 11.2 Å². The molecular formula is C24H27NO5. The van der Waals surface area contributed by atoms with Gasteiger partial charge >= 0.3 is 5.97 Å². The molecule has 0 atom stereocenters. The molecule has 158 valence electrons. The van der Waals surface area contributed by atoms with E-state index >= 15 is 0 Å². The number of furan rings is 1. The van der Waals surface area contributed by atoms with E-state index in [-0.39, 0.29) is 30.0 Å². The number of carbonyl (C=O) groups excluding carboxylic acids is 1. The average Bonchev–Trinajstić information content (AvgIpc) is 3.10. The lowest BCUT2D eigenvalue weighted by atomic mass is 9.87. The largest absolute Gasteiger partial charge is 0.478 e. The highest BCUT2D eigenvalue weighted by Gasteiger charge is 2.31. The van der Waals surface area contributed by atoms with Crippen molar-refractivity contribution in [3.8, 4) is 0 Å². The fourth-order valence-corrected chi connectivity index (χ4v) is 4.52. The van der Waals surface area contributed by atoms with Gasteiger partial charge < -0.3 is 19.5 Å². The number of benzene rings is 2. The molecule has 1 saturated carbocycles. The van der Waals surface area contributed by atoms with Gasteiger partial charge in [-0.05, 0) is 56.5 Å². The van der Waals surface area contributed by atoms with Crippen LogP contribution >= 0.6 is 0 Å². The summed E-state index contributed by atoms with van der Waals surface area (Å²) in [6.45, 7) is 3.72. The van der Waals surface area contributed by atoms with E-state index in [2.05, 4.69) is 0 Å². The van der Waals surface area contributed by atoms with Crippen LogP contribution in [0.25, 0.3) is 21.9 Å². The molecule has 1 aliphatic rings. The molecule has 30 heavy (non-hydrogen) atoms. The highest BCUT2D eigenvalue weighted by Crippen LogP contribution is 2.37. The van der Waals surface area contributed by atoms with Crippen molar-refractivity contribution in [2.24, 2.45) is 5.92 Å². The van der Waals surface area contributed by atoms with E-state index in [0.717, 1.165) is 48.4 Å². The second-order valence-electron chi connectivity index (χ2n) is 8.40. The Hall–Kier alpha value is -2.86. The molecule has 0 spiro atoms. The predicted octanol–water partition coefficient (Wildman–Crippen LogP) is 5.10. The van der Waals surface area contributed by atoms with Crippen LogP contribution in [0.15, 0.2) is 34.7 Å². The molecule has 0 saturated heterocycles. The van der Waals surface area contributed by atoms with Crippen LogP contribution in [0.1, 0.15) is 61.9 Å². The second kappa shape index (κ2) is 8.11. The maximum Gasteiger partial charge on any atom is 0.337 e. The fourth-order valence-electron chi connectivity index (χ4n) is 4.52. The molecule has 1 heterocycles. The SMILES string of the molecule is CC(C)N(C(=O)C1CCCCC1)c1cc2c(cc1C(=O)O)oc1ccc(CO)cc12. The topological polar surface area (TPSA) is 91.0 Å². The minimum absolute atomic E-state index is 0.00426. The van der Waals surface area contributed by atoms with Gasteiger partial charge in [-0.3, -0.25) is 4.79 Å². The minimum atomic E-state index is -1.09. The molecule has 4 rings (SSSR count). The molecule has 1 aromatic heterocycles. The summed E-state index contributed by atoms with van der Waals surface area (Å²) in [5.74, 6) is -1.17. The first kappa shape index (κ1) is 20.4. The zero-order valence-corrected chi connectivity index (χ0v) is 17.4. The summed E-state index contributed by atoms with van der Waals surface area (Å²) >= 11 is 0. The number of fused-ring (bicyclic) bond motifs is 3. The molecule has 2 N–H and O–H groups in total. The lowest BCUT2D eigenvalue weighted by Crippen LogP contribution is -2.42. The van der Waals surface area contributed by atoms with E-state index in [1.54, 1.807) is 23.1 Å². The Kier molecular flexibility index (Phi) is 5.52. The van der Waals surface area contributed by atoms with E-state index in [9.17, 15) is 19.8 Å². The smallest absolute Gasteiger partial charge is 0.337 e. The van der Waals surface area contributed by atoms with Crippen LogP contribution in [-0.2, 0) is 11.4 Å². The van der Waals surface area contributed by atoms with Crippen LogP contribution in [0.2, 0.25) is 0 Å². The number of amides is 1. The Balaban J connectivity index is 1.91. The van der Waals surface area contributed by atoms with Crippen LogP contribution in [0.5, 0.6) is 0 Å². The third kappa shape index (κ3) is 3.56. The molecule has 3 aromatic rings. The van der Waals surface area contributed by atoms with Gasteiger partial charge in [0.2, 0.25) is 5.91 Å². The van der Waals surface area contributed by atoms with Crippen molar-refractivity contribution in [3.63, 3.8) is 0 Å². The van der Waals surface area contributed by atoms with Crippen LogP contribution in [0.4, 0.5) is 5.69 Å². The van der Waals surface area contributed by atoms with Crippen molar-refractivity contribution in [1.29, 1.82) is 0 Å². The first-order chi connectivity index (χ1) is 14.4. The number of aliphatic hydroxyl groups is 1. The van der Waals surface area contributed by atoms with Gasteiger partial charge in [0.25, 0.3) is 0 Å². The Morgan fingerprint density at radius 3 is 2.40 bits per heavy atom. The number of carboxylic acid groups (broad SMARTS) is 1. The molecule has 1 fully saturated rings. The van der Waals surface area contributed by atoms with Gasteiger partial charge in [0.15, 0.2) is 0 Å². The highest BCUT2D eigenvalue weighted by atomic mass is 16.4. The third-order valence-corrected chi connectivity index (χ3v) is 6.03. The normalized spacial score (nSPS) is 15.2. The summed E-state index contributed by atoms with van der Waals surface area (Å²) in [6, 6.07) is 8.47. The molecule has 6 nitrogen and oxygen atoms in total. The number of anilines is 1. The monoisotopic (exact) mass is 409 g/mol. The summed E-state index contributed by atoms with van der Waals surface area (Å²) in [4.78, 5) is 27.2. The van der Waals surface area contributed by atoms with Crippen LogP contribution in [-0.4, -0.2) is 28.1 Å². The van der Waals surface area contributed by atoms with Gasteiger partial charge in [-0.1, -0.05) is 25.3 Å². The van der Waals surface area contributed by atoms with Gasteiger partial charge in [0.05, 0.1) is 17.9 Å². The van der Waals surface area contributed by atoms with Gasteiger partial charge in [-0.25, -0.2) is 4.79 Å². The predicted molar refractivity (Wildman–Crippen MR) is 116 cm³/mol. The maximum absolute atomic E-state index is 13.4. The molecule has 6 heteroatoms. The number of carboxylic acids is 1. The zero-order chi connectivity index (χ0) is 21.4. The van der Waals surface area contributed by atoms with Crippen molar-refractivity contribution in [3.05, 3.63) is 41.5 Å². The molecular weight excluding hydrogens is 382 g/mol. The highest BCUT2D eigenvalue weighted by molar-refractivity contribution is 6.12. The number of aromatic carboxylic acids is 1. The summed E-state index contributed by atoms with van der Waals surface area (Å²) in [6.07, 6.45) is 4.90. The summed E-state index contributed by atoms with van der Waals surface area (Å²) in [5.41, 5.74) is 2.27.